The van der Waals surface area contributed by atoms with Crippen LogP contribution in [0.2, 0.25) is 0 Å². The van der Waals surface area contributed by atoms with Crippen LogP contribution in [0.5, 0.6) is 5.75 Å². The maximum Gasteiger partial charge on any atom is 0.251 e. The number of amides is 2. The van der Waals surface area contributed by atoms with Crippen molar-refractivity contribution < 1.29 is 14.3 Å². The smallest absolute Gasteiger partial charge is 0.251 e. The molecule has 2 amide bonds. The summed E-state index contributed by atoms with van der Waals surface area (Å²) < 4.78 is 6.22. The van der Waals surface area contributed by atoms with E-state index in [1.807, 2.05) is 30.3 Å². The lowest BCUT2D eigenvalue weighted by Crippen LogP contribution is -2.52. The van der Waals surface area contributed by atoms with Gasteiger partial charge in [-0.2, -0.15) is 0 Å². The van der Waals surface area contributed by atoms with Crippen LogP contribution in [0, 0.1) is 0 Å². The Labute approximate surface area is 172 Å². The van der Waals surface area contributed by atoms with Gasteiger partial charge in [0.25, 0.3) is 5.91 Å². The molecule has 7 heteroatoms. The summed E-state index contributed by atoms with van der Waals surface area (Å²) in [5.41, 5.74) is 1.75. The van der Waals surface area contributed by atoms with E-state index in [1.54, 1.807) is 19.2 Å². The summed E-state index contributed by atoms with van der Waals surface area (Å²) in [4.78, 5) is 31.2. The van der Waals surface area contributed by atoms with Crippen LogP contribution in [0.4, 0.5) is 11.4 Å². The van der Waals surface area contributed by atoms with E-state index in [1.165, 1.54) is 4.90 Å². The van der Waals surface area contributed by atoms with Crippen molar-refractivity contribution in [2.45, 2.75) is 12.5 Å². The summed E-state index contributed by atoms with van der Waals surface area (Å²) in [5.74, 6) is 0.580. The van der Waals surface area contributed by atoms with Gasteiger partial charge in [0, 0.05) is 42.4 Å². The lowest BCUT2D eigenvalue weighted by Gasteiger charge is -2.38. The fraction of sp³-hybridized carbons (Fsp3) is 0.333. The number of hydrogen-bond donors (Lipinski definition) is 0. The van der Waals surface area contributed by atoms with E-state index in [2.05, 4.69) is 31.8 Å². The van der Waals surface area contributed by atoms with Crippen molar-refractivity contribution >= 4 is 39.1 Å². The molecule has 2 heterocycles. The summed E-state index contributed by atoms with van der Waals surface area (Å²) in [6, 6.07) is 14.9. The quantitative estimate of drug-likeness (QED) is 0.679. The number of carbonyl (C=O) groups excluding carboxylic acids is 2. The van der Waals surface area contributed by atoms with Gasteiger partial charge < -0.3 is 9.64 Å². The Morgan fingerprint density at radius 1 is 0.964 bits per heavy atom. The molecule has 0 aliphatic carbocycles. The number of anilines is 2. The van der Waals surface area contributed by atoms with Crippen LogP contribution >= 0.6 is 15.9 Å². The first-order valence-electron chi connectivity index (χ1n) is 9.32. The molecule has 2 fully saturated rings. The van der Waals surface area contributed by atoms with Gasteiger partial charge in [0.1, 0.15) is 5.75 Å². The third-order valence-electron chi connectivity index (χ3n) is 5.38. The van der Waals surface area contributed by atoms with Gasteiger partial charge in [-0.3, -0.25) is 14.5 Å². The molecule has 2 aromatic rings. The van der Waals surface area contributed by atoms with Gasteiger partial charge in [-0.1, -0.05) is 22.0 Å². The Balaban J connectivity index is 1.42. The molecule has 2 aromatic carbocycles. The summed E-state index contributed by atoms with van der Waals surface area (Å²) in [6.45, 7) is 3.11. The highest BCUT2D eigenvalue weighted by molar-refractivity contribution is 9.10. The fourth-order valence-electron chi connectivity index (χ4n) is 3.86. The Bertz CT molecular complexity index is 879. The van der Waals surface area contributed by atoms with Crippen LogP contribution in [-0.2, 0) is 9.59 Å². The molecule has 28 heavy (non-hydrogen) atoms. The van der Waals surface area contributed by atoms with Crippen LogP contribution in [0.1, 0.15) is 6.42 Å². The number of halogens is 1. The highest BCUT2D eigenvalue weighted by atomic mass is 79.9. The molecule has 146 valence electrons. The molecule has 0 aromatic heterocycles. The number of benzene rings is 2. The van der Waals surface area contributed by atoms with Crippen LogP contribution in [-0.4, -0.2) is 56.0 Å². The zero-order valence-electron chi connectivity index (χ0n) is 15.7. The van der Waals surface area contributed by atoms with Gasteiger partial charge >= 0.3 is 0 Å². The molecule has 2 aliphatic heterocycles. The number of methoxy groups -OCH3 is 1. The zero-order chi connectivity index (χ0) is 19.7. The SMILES string of the molecule is COc1cccc(N2CCN(C3CC(=O)N(c4ccc(Br)cc4)C3=O)CC2)c1. The zero-order valence-corrected chi connectivity index (χ0v) is 17.3. The molecule has 2 saturated heterocycles. The third kappa shape index (κ3) is 3.64. The normalized spacial score (nSPS) is 20.7. The molecule has 0 spiro atoms. The standard InChI is InChI=1S/C21H22BrN3O3/c1-28-18-4-2-3-17(13-18)23-9-11-24(12-10-23)19-14-20(26)25(21(19)27)16-7-5-15(22)6-8-16/h2-8,13,19H,9-12,14H2,1H3. The highest BCUT2D eigenvalue weighted by Crippen LogP contribution is 2.28. The number of ether oxygens (including phenoxy) is 1. The van der Waals surface area contributed by atoms with E-state index in [-0.39, 0.29) is 24.3 Å². The minimum Gasteiger partial charge on any atom is -0.497 e. The van der Waals surface area contributed by atoms with E-state index in [0.717, 1.165) is 42.1 Å². The van der Waals surface area contributed by atoms with Crippen molar-refractivity contribution in [3.63, 3.8) is 0 Å². The molecule has 0 radical (unpaired) electrons. The van der Waals surface area contributed by atoms with Gasteiger partial charge in [0.2, 0.25) is 5.91 Å². The average molecular weight is 444 g/mol. The minimum absolute atomic E-state index is 0.123. The van der Waals surface area contributed by atoms with Crippen molar-refractivity contribution in [2.75, 3.05) is 43.1 Å². The average Bonchev–Trinajstić information content (AvgIpc) is 3.03. The molecule has 2 aliphatic rings. The largest absolute Gasteiger partial charge is 0.497 e. The van der Waals surface area contributed by atoms with Crippen LogP contribution in [0.15, 0.2) is 53.0 Å². The number of carbonyl (C=O) groups is 2. The number of hydrogen-bond acceptors (Lipinski definition) is 5. The molecular weight excluding hydrogens is 422 g/mol. The van der Waals surface area contributed by atoms with E-state index in [9.17, 15) is 9.59 Å². The Morgan fingerprint density at radius 3 is 2.36 bits per heavy atom. The van der Waals surface area contributed by atoms with E-state index >= 15 is 0 Å². The van der Waals surface area contributed by atoms with Crippen molar-refractivity contribution in [1.82, 2.24) is 4.90 Å². The van der Waals surface area contributed by atoms with E-state index in [4.69, 9.17) is 4.74 Å². The van der Waals surface area contributed by atoms with E-state index in [0.29, 0.717) is 5.69 Å². The summed E-state index contributed by atoms with van der Waals surface area (Å²) in [5, 5.41) is 0. The fourth-order valence-corrected chi connectivity index (χ4v) is 4.13. The summed E-state index contributed by atoms with van der Waals surface area (Å²) >= 11 is 3.38. The highest BCUT2D eigenvalue weighted by Gasteiger charge is 2.43. The van der Waals surface area contributed by atoms with Gasteiger partial charge in [0.15, 0.2) is 0 Å². The summed E-state index contributed by atoms with van der Waals surface area (Å²) in [7, 11) is 1.66. The second-order valence-corrected chi connectivity index (χ2v) is 7.90. The molecule has 0 saturated carbocycles. The molecule has 4 rings (SSSR count). The van der Waals surface area contributed by atoms with Crippen LogP contribution < -0.4 is 14.5 Å². The van der Waals surface area contributed by atoms with Crippen LogP contribution in [0.3, 0.4) is 0 Å². The molecule has 0 N–H and O–H groups in total. The van der Waals surface area contributed by atoms with Crippen molar-refractivity contribution in [3.05, 3.63) is 53.0 Å². The predicted octanol–water partition coefficient (Wildman–Crippen LogP) is 2.91. The first-order valence-corrected chi connectivity index (χ1v) is 10.1. The second-order valence-electron chi connectivity index (χ2n) is 6.99. The Hall–Kier alpha value is -2.38. The third-order valence-corrected chi connectivity index (χ3v) is 5.91. The van der Waals surface area contributed by atoms with Gasteiger partial charge in [0.05, 0.1) is 25.3 Å². The van der Waals surface area contributed by atoms with Gasteiger partial charge in [-0.05, 0) is 36.4 Å². The van der Waals surface area contributed by atoms with Crippen molar-refractivity contribution in [2.24, 2.45) is 0 Å². The number of rotatable bonds is 4. The molecular formula is C21H22BrN3O3. The molecule has 1 atom stereocenters. The molecule has 0 bridgehead atoms. The molecule has 1 unspecified atom stereocenters. The summed E-state index contributed by atoms with van der Waals surface area (Å²) in [6.07, 6.45) is 0.244. The first-order chi connectivity index (χ1) is 13.6. The lowest BCUT2D eigenvalue weighted by atomic mass is 10.1. The van der Waals surface area contributed by atoms with Gasteiger partial charge in [-0.15, -0.1) is 0 Å². The number of nitrogens with zero attached hydrogens (tertiary/aromatic N) is 3. The second kappa shape index (κ2) is 7.93. The van der Waals surface area contributed by atoms with Crippen LogP contribution in [0.25, 0.3) is 0 Å². The van der Waals surface area contributed by atoms with Gasteiger partial charge in [-0.25, -0.2) is 4.90 Å². The molecule has 6 nitrogen and oxygen atoms in total. The topological polar surface area (TPSA) is 53.1 Å². The number of imide groups is 1. The maximum atomic E-state index is 13.0. The monoisotopic (exact) mass is 443 g/mol. The van der Waals surface area contributed by atoms with E-state index < -0.39 is 0 Å². The number of piperazine rings is 1. The Morgan fingerprint density at radius 2 is 1.68 bits per heavy atom. The van der Waals surface area contributed by atoms with Crippen molar-refractivity contribution in [1.29, 1.82) is 0 Å². The minimum atomic E-state index is -0.372. The van der Waals surface area contributed by atoms with Crippen molar-refractivity contribution in [3.8, 4) is 5.75 Å². The predicted molar refractivity (Wildman–Crippen MR) is 112 cm³/mol. The lowest BCUT2D eigenvalue weighted by molar-refractivity contribution is -0.123. The maximum absolute atomic E-state index is 13.0. The first kappa shape index (κ1) is 19.0. The Kier molecular flexibility index (Phi) is 5.37.